The molecule has 2 atom stereocenters. The van der Waals surface area contributed by atoms with E-state index in [1.165, 1.54) is 0 Å². The lowest BCUT2D eigenvalue weighted by Crippen LogP contribution is -2.14. The molecule has 29 heavy (non-hydrogen) atoms. The van der Waals surface area contributed by atoms with Gasteiger partial charge in [0.1, 0.15) is 0 Å². The number of anilines is 2. The highest BCUT2D eigenvalue weighted by atomic mass is 32.1. The molecule has 1 aromatic heterocycles. The lowest BCUT2D eigenvalue weighted by molar-refractivity contribution is 0.102. The van der Waals surface area contributed by atoms with Gasteiger partial charge in [-0.05, 0) is 52.8 Å². The number of carbonyl (C=O) groups excluding carboxylic acids is 1. The fourth-order valence-corrected chi connectivity index (χ4v) is 4.54. The van der Waals surface area contributed by atoms with E-state index in [1.807, 2.05) is 55.6 Å². The Morgan fingerprint density at radius 3 is 2.45 bits per heavy atom. The average molecular weight is 428 g/mol. The van der Waals surface area contributed by atoms with Crippen molar-refractivity contribution >= 4 is 36.6 Å². The van der Waals surface area contributed by atoms with Crippen LogP contribution < -0.4 is 11.1 Å². The number of rotatable bonds is 7. The molecule has 152 valence electrons. The summed E-state index contributed by atoms with van der Waals surface area (Å²) in [5.74, 6) is -0.0685. The Hall–Kier alpha value is -2.40. The molecule has 0 aliphatic rings. The van der Waals surface area contributed by atoms with Gasteiger partial charge in [0.2, 0.25) is 0 Å². The van der Waals surface area contributed by atoms with E-state index in [0.29, 0.717) is 16.9 Å². The van der Waals surface area contributed by atoms with Crippen molar-refractivity contribution in [2.24, 2.45) is 5.92 Å². The Morgan fingerprint density at radius 1 is 1.14 bits per heavy atom. The first-order valence-electron chi connectivity index (χ1n) is 9.37. The standard InChI is InChI=1S/C22H25N2O3PS/c1-14(2)21(27-28(3)26)15-6-8-16(9-7-15)22(25)24-19-13-17(10-11-18(19)23)20-5-4-12-29-20/h4-14,21,28H,23H2,1-3H3,(H,24,25). The Kier molecular flexibility index (Phi) is 6.91. The number of hydrogen-bond donors (Lipinski definition) is 2. The number of thiophene rings is 1. The van der Waals surface area contributed by atoms with E-state index in [9.17, 15) is 9.36 Å². The maximum atomic E-state index is 12.7. The van der Waals surface area contributed by atoms with E-state index >= 15 is 0 Å². The topological polar surface area (TPSA) is 81.4 Å². The van der Waals surface area contributed by atoms with Crippen LogP contribution in [0.5, 0.6) is 0 Å². The molecule has 3 aromatic rings. The highest BCUT2D eigenvalue weighted by Gasteiger charge is 2.18. The number of nitrogens with one attached hydrogen (secondary N) is 1. The van der Waals surface area contributed by atoms with Gasteiger partial charge in [0, 0.05) is 17.1 Å². The molecular weight excluding hydrogens is 403 g/mol. The van der Waals surface area contributed by atoms with E-state index in [0.717, 1.165) is 16.0 Å². The van der Waals surface area contributed by atoms with Crippen molar-refractivity contribution in [2.45, 2.75) is 20.0 Å². The zero-order valence-corrected chi connectivity index (χ0v) is 18.5. The maximum Gasteiger partial charge on any atom is 0.255 e. The molecule has 0 bridgehead atoms. The van der Waals surface area contributed by atoms with Gasteiger partial charge in [-0.25, -0.2) is 0 Å². The van der Waals surface area contributed by atoms with Crippen LogP contribution in [-0.2, 0) is 9.09 Å². The van der Waals surface area contributed by atoms with Crippen LogP contribution in [0.25, 0.3) is 10.4 Å². The molecule has 1 amide bonds. The molecule has 3 rings (SSSR count). The van der Waals surface area contributed by atoms with Crippen molar-refractivity contribution in [3.63, 3.8) is 0 Å². The molecule has 1 heterocycles. The SMILES string of the molecule is CC(C)C(O[PH](C)=O)c1ccc(C(=O)Nc2cc(-c3cccs3)ccc2N)cc1. The Bertz CT molecular complexity index is 1000. The van der Waals surface area contributed by atoms with Crippen LogP contribution in [-0.4, -0.2) is 12.6 Å². The average Bonchev–Trinajstić information content (AvgIpc) is 3.22. The van der Waals surface area contributed by atoms with Crippen LogP contribution in [0.2, 0.25) is 0 Å². The van der Waals surface area contributed by atoms with Crippen LogP contribution in [0.15, 0.2) is 60.0 Å². The smallest absolute Gasteiger partial charge is 0.255 e. The second-order valence-electron chi connectivity index (χ2n) is 7.13. The summed E-state index contributed by atoms with van der Waals surface area (Å²) in [5, 5.41) is 4.91. The van der Waals surface area contributed by atoms with Gasteiger partial charge < -0.3 is 15.6 Å². The van der Waals surface area contributed by atoms with Gasteiger partial charge in [0.15, 0.2) is 8.03 Å². The third-order valence-corrected chi connectivity index (χ3v) is 6.01. The minimum absolute atomic E-state index is 0.170. The van der Waals surface area contributed by atoms with Crippen LogP contribution >= 0.6 is 19.4 Å². The largest absolute Gasteiger partial charge is 0.397 e. The van der Waals surface area contributed by atoms with Crippen LogP contribution in [0.1, 0.15) is 35.9 Å². The summed E-state index contributed by atoms with van der Waals surface area (Å²) in [7, 11) is -2.06. The number of hydrogen-bond acceptors (Lipinski definition) is 5. The number of nitrogen functional groups attached to an aromatic ring is 1. The third kappa shape index (κ3) is 5.36. The van der Waals surface area contributed by atoms with Gasteiger partial charge in [0.05, 0.1) is 17.5 Å². The summed E-state index contributed by atoms with van der Waals surface area (Å²) in [6.07, 6.45) is -0.262. The summed E-state index contributed by atoms with van der Waals surface area (Å²) in [5.41, 5.74) is 9.57. The van der Waals surface area contributed by atoms with Crippen LogP contribution in [0.4, 0.5) is 11.4 Å². The minimum Gasteiger partial charge on any atom is -0.397 e. The van der Waals surface area contributed by atoms with Crippen molar-refractivity contribution in [3.8, 4) is 10.4 Å². The van der Waals surface area contributed by atoms with Gasteiger partial charge in [-0.1, -0.05) is 38.1 Å². The predicted molar refractivity (Wildman–Crippen MR) is 122 cm³/mol. The molecular formula is C22H25N2O3PS. The summed E-state index contributed by atoms with van der Waals surface area (Å²) >= 11 is 1.63. The van der Waals surface area contributed by atoms with Crippen molar-refractivity contribution < 1.29 is 13.9 Å². The molecule has 7 heteroatoms. The Balaban J connectivity index is 1.78. The van der Waals surface area contributed by atoms with E-state index in [-0.39, 0.29) is 17.9 Å². The zero-order chi connectivity index (χ0) is 21.0. The van der Waals surface area contributed by atoms with Gasteiger partial charge >= 0.3 is 0 Å². The molecule has 3 N–H and O–H groups in total. The summed E-state index contributed by atoms with van der Waals surface area (Å²) in [6.45, 7) is 5.61. The monoisotopic (exact) mass is 428 g/mol. The highest BCUT2D eigenvalue weighted by Crippen LogP contribution is 2.35. The zero-order valence-electron chi connectivity index (χ0n) is 16.6. The molecule has 0 aliphatic carbocycles. The number of carbonyl (C=O) groups is 1. The van der Waals surface area contributed by atoms with Crippen LogP contribution in [0, 0.1) is 5.92 Å². The van der Waals surface area contributed by atoms with E-state index in [2.05, 4.69) is 5.32 Å². The number of nitrogens with two attached hydrogens (primary N) is 1. The second kappa shape index (κ2) is 9.40. The summed E-state index contributed by atoms with van der Waals surface area (Å²) in [6, 6.07) is 16.8. The Labute approximate surface area is 175 Å². The molecule has 0 saturated heterocycles. The predicted octanol–water partition coefficient (Wildman–Crippen LogP) is 6.07. The molecule has 0 radical (unpaired) electrons. The number of amides is 1. The van der Waals surface area contributed by atoms with Gasteiger partial charge in [0.25, 0.3) is 5.91 Å². The first-order valence-corrected chi connectivity index (χ1v) is 12.1. The van der Waals surface area contributed by atoms with Crippen LogP contribution in [0.3, 0.4) is 0 Å². The van der Waals surface area contributed by atoms with Crippen molar-refractivity contribution in [1.82, 2.24) is 0 Å². The number of benzene rings is 2. The summed E-state index contributed by atoms with van der Waals surface area (Å²) < 4.78 is 17.1. The lowest BCUT2D eigenvalue weighted by atomic mass is 9.98. The second-order valence-corrected chi connectivity index (χ2v) is 9.30. The molecule has 2 aromatic carbocycles. The van der Waals surface area contributed by atoms with E-state index in [1.54, 1.807) is 36.2 Å². The van der Waals surface area contributed by atoms with Gasteiger partial charge in [-0.3, -0.25) is 9.36 Å². The molecule has 0 fully saturated rings. The van der Waals surface area contributed by atoms with E-state index in [4.69, 9.17) is 10.3 Å². The molecule has 0 saturated carbocycles. The lowest BCUT2D eigenvalue weighted by Gasteiger charge is -2.21. The Morgan fingerprint density at radius 2 is 1.86 bits per heavy atom. The van der Waals surface area contributed by atoms with Crippen molar-refractivity contribution in [2.75, 3.05) is 17.7 Å². The highest BCUT2D eigenvalue weighted by molar-refractivity contribution is 7.38. The maximum absolute atomic E-state index is 12.7. The molecule has 2 unspecified atom stereocenters. The van der Waals surface area contributed by atoms with Crippen molar-refractivity contribution in [3.05, 3.63) is 71.1 Å². The first kappa shape index (κ1) is 21.3. The fourth-order valence-electron chi connectivity index (χ4n) is 3.05. The third-order valence-electron chi connectivity index (χ3n) is 4.51. The molecule has 5 nitrogen and oxygen atoms in total. The minimum atomic E-state index is -2.06. The van der Waals surface area contributed by atoms with E-state index < -0.39 is 8.03 Å². The quantitative estimate of drug-likeness (QED) is 0.354. The molecule has 0 aliphatic heterocycles. The summed E-state index contributed by atoms with van der Waals surface area (Å²) in [4.78, 5) is 13.8. The van der Waals surface area contributed by atoms with Gasteiger partial charge in [-0.15, -0.1) is 11.3 Å². The normalized spacial score (nSPS) is 13.2. The first-order chi connectivity index (χ1) is 13.8. The van der Waals surface area contributed by atoms with Crippen molar-refractivity contribution in [1.29, 1.82) is 0 Å². The molecule has 0 spiro atoms. The fraction of sp³-hybridized carbons (Fsp3) is 0.227. The van der Waals surface area contributed by atoms with Gasteiger partial charge in [-0.2, -0.15) is 0 Å².